The van der Waals surface area contributed by atoms with Gasteiger partial charge >= 0.3 is 5.97 Å². The van der Waals surface area contributed by atoms with E-state index >= 15 is 0 Å². The minimum atomic E-state index is -0.239. The molecule has 2 heterocycles. The monoisotopic (exact) mass is 385 g/mol. The molecule has 1 saturated heterocycles. The van der Waals surface area contributed by atoms with Gasteiger partial charge in [0.25, 0.3) is 0 Å². The zero-order valence-corrected chi connectivity index (χ0v) is 15.5. The van der Waals surface area contributed by atoms with E-state index in [1.165, 1.54) is 0 Å². The number of carbonyl (C=O) groups excluding carboxylic acids is 2. The van der Waals surface area contributed by atoms with Crippen molar-refractivity contribution in [2.75, 3.05) is 42.9 Å². The molecule has 0 unspecified atom stereocenters. The fourth-order valence-electron chi connectivity index (χ4n) is 3.38. The van der Waals surface area contributed by atoms with Gasteiger partial charge in [-0.15, -0.1) is 0 Å². The average Bonchev–Trinajstić information content (AvgIpc) is 3.06. The summed E-state index contributed by atoms with van der Waals surface area (Å²) in [4.78, 5) is 27.9. The Balaban J connectivity index is 1.28. The van der Waals surface area contributed by atoms with Crippen LogP contribution < -0.4 is 15.0 Å². The standard InChI is InChI=1S/C20H20ClN3O3/c21-15-2-5-17(6-3-15)23-7-9-24(10-8-23)19(25)13-22-16-4-1-14-11-20(26)27-18(14)12-16/h1-6,12,22H,7-11,13H2. The van der Waals surface area contributed by atoms with Crippen molar-refractivity contribution >= 4 is 34.9 Å². The van der Waals surface area contributed by atoms with Crippen LogP contribution in [-0.2, 0) is 16.0 Å². The van der Waals surface area contributed by atoms with Crippen LogP contribution in [0.25, 0.3) is 0 Å². The molecule has 4 rings (SSSR count). The highest BCUT2D eigenvalue weighted by molar-refractivity contribution is 6.30. The average molecular weight is 386 g/mol. The Bertz CT molecular complexity index is 861. The molecule has 2 aliphatic heterocycles. The van der Waals surface area contributed by atoms with E-state index in [1.807, 2.05) is 41.3 Å². The molecule has 0 aliphatic carbocycles. The Morgan fingerprint density at radius 1 is 1.07 bits per heavy atom. The molecule has 0 saturated carbocycles. The first-order chi connectivity index (χ1) is 13.1. The number of amides is 1. The lowest BCUT2D eigenvalue weighted by Gasteiger charge is -2.36. The minimum absolute atomic E-state index is 0.0586. The number of piperazine rings is 1. The van der Waals surface area contributed by atoms with E-state index in [1.54, 1.807) is 6.07 Å². The number of halogens is 1. The van der Waals surface area contributed by atoms with E-state index in [0.29, 0.717) is 25.3 Å². The van der Waals surface area contributed by atoms with Crippen molar-refractivity contribution in [2.45, 2.75) is 6.42 Å². The number of anilines is 2. The Morgan fingerprint density at radius 3 is 2.56 bits per heavy atom. The predicted molar refractivity (Wildman–Crippen MR) is 105 cm³/mol. The van der Waals surface area contributed by atoms with E-state index in [2.05, 4.69) is 10.2 Å². The van der Waals surface area contributed by atoms with Crippen LogP contribution in [0, 0.1) is 0 Å². The largest absolute Gasteiger partial charge is 0.426 e. The van der Waals surface area contributed by atoms with E-state index < -0.39 is 0 Å². The van der Waals surface area contributed by atoms with Crippen molar-refractivity contribution < 1.29 is 14.3 Å². The van der Waals surface area contributed by atoms with Crippen LogP contribution in [0.1, 0.15) is 5.56 Å². The molecule has 1 amide bonds. The Morgan fingerprint density at radius 2 is 1.81 bits per heavy atom. The molecule has 0 radical (unpaired) electrons. The molecule has 0 atom stereocenters. The first-order valence-electron chi connectivity index (χ1n) is 8.94. The zero-order chi connectivity index (χ0) is 18.8. The second kappa shape index (κ2) is 7.48. The van der Waals surface area contributed by atoms with Gasteiger partial charge in [-0.3, -0.25) is 9.59 Å². The van der Waals surface area contributed by atoms with Gasteiger partial charge in [-0.2, -0.15) is 0 Å². The van der Waals surface area contributed by atoms with Gasteiger partial charge in [0.2, 0.25) is 5.91 Å². The summed E-state index contributed by atoms with van der Waals surface area (Å²) >= 11 is 5.94. The summed E-state index contributed by atoms with van der Waals surface area (Å²) in [5.41, 5.74) is 2.78. The summed E-state index contributed by atoms with van der Waals surface area (Å²) in [5, 5.41) is 3.85. The third-order valence-electron chi connectivity index (χ3n) is 4.89. The maximum atomic E-state index is 12.5. The SMILES string of the molecule is O=C1Cc2ccc(NCC(=O)N3CCN(c4ccc(Cl)cc4)CC3)cc2O1. The van der Waals surface area contributed by atoms with Gasteiger partial charge in [0.15, 0.2) is 0 Å². The molecule has 0 bridgehead atoms. The lowest BCUT2D eigenvalue weighted by atomic mass is 10.1. The van der Waals surface area contributed by atoms with Crippen molar-refractivity contribution in [1.29, 1.82) is 0 Å². The van der Waals surface area contributed by atoms with Crippen molar-refractivity contribution in [1.82, 2.24) is 4.90 Å². The molecule has 140 valence electrons. The third kappa shape index (κ3) is 4.01. The van der Waals surface area contributed by atoms with Gasteiger partial charge in [0, 0.05) is 54.2 Å². The zero-order valence-electron chi connectivity index (χ0n) is 14.8. The van der Waals surface area contributed by atoms with Crippen molar-refractivity contribution in [3.8, 4) is 5.75 Å². The summed E-state index contributed by atoms with van der Waals surface area (Å²) in [5.74, 6) is 0.397. The highest BCUT2D eigenvalue weighted by atomic mass is 35.5. The number of nitrogens with one attached hydrogen (secondary N) is 1. The van der Waals surface area contributed by atoms with Crippen LogP contribution in [0.4, 0.5) is 11.4 Å². The summed E-state index contributed by atoms with van der Waals surface area (Å²) in [7, 11) is 0. The van der Waals surface area contributed by atoms with Gasteiger partial charge in [0.1, 0.15) is 5.75 Å². The van der Waals surface area contributed by atoms with Gasteiger partial charge < -0.3 is 19.9 Å². The summed E-state index contributed by atoms with van der Waals surface area (Å²) in [6.45, 7) is 3.17. The maximum Gasteiger partial charge on any atom is 0.315 e. The van der Waals surface area contributed by atoms with E-state index in [9.17, 15) is 9.59 Å². The molecule has 2 aromatic rings. The van der Waals surface area contributed by atoms with Gasteiger partial charge in [-0.25, -0.2) is 0 Å². The first-order valence-corrected chi connectivity index (χ1v) is 9.32. The smallest absolute Gasteiger partial charge is 0.315 e. The Kier molecular flexibility index (Phi) is 4.90. The number of benzene rings is 2. The minimum Gasteiger partial charge on any atom is -0.426 e. The lowest BCUT2D eigenvalue weighted by molar-refractivity contribution is -0.132. The molecular formula is C20H20ClN3O3. The van der Waals surface area contributed by atoms with E-state index in [-0.39, 0.29) is 18.4 Å². The Hall–Kier alpha value is -2.73. The number of nitrogens with zero attached hydrogens (tertiary/aromatic N) is 2. The summed E-state index contributed by atoms with van der Waals surface area (Å²) < 4.78 is 5.14. The number of ether oxygens (including phenoxy) is 1. The fourth-order valence-corrected chi connectivity index (χ4v) is 3.50. The quantitative estimate of drug-likeness (QED) is 0.647. The third-order valence-corrected chi connectivity index (χ3v) is 5.15. The normalized spacial score (nSPS) is 16.1. The predicted octanol–water partition coefficient (Wildman–Crippen LogP) is 2.56. The van der Waals surface area contributed by atoms with Crippen LogP contribution in [0.2, 0.25) is 5.02 Å². The summed E-state index contributed by atoms with van der Waals surface area (Å²) in [6, 6.07) is 13.3. The summed E-state index contributed by atoms with van der Waals surface area (Å²) in [6.07, 6.45) is 0.312. The van der Waals surface area contributed by atoms with Gasteiger partial charge in [0.05, 0.1) is 13.0 Å². The van der Waals surface area contributed by atoms with Crippen molar-refractivity contribution in [2.24, 2.45) is 0 Å². The van der Waals surface area contributed by atoms with Crippen LogP contribution >= 0.6 is 11.6 Å². The first kappa shape index (κ1) is 17.7. The number of esters is 1. The molecule has 6 nitrogen and oxygen atoms in total. The van der Waals surface area contributed by atoms with Crippen molar-refractivity contribution in [3.05, 3.63) is 53.1 Å². The number of fused-ring (bicyclic) bond motifs is 1. The van der Waals surface area contributed by atoms with Crippen LogP contribution in [0.15, 0.2) is 42.5 Å². The number of rotatable bonds is 4. The molecule has 27 heavy (non-hydrogen) atoms. The molecule has 2 aliphatic rings. The maximum absolute atomic E-state index is 12.5. The van der Waals surface area contributed by atoms with Crippen LogP contribution in [0.5, 0.6) is 5.75 Å². The van der Waals surface area contributed by atoms with Gasteiger partial charge in [-0.05, 0) is 30.3 Å². The second-order valence-corrected chi connectivity index (χ2v) is 7.11. The topological polar surface area (TPSA) is 61.9 Å². The molecular weight excluding hydrogens is 366 g/mol. The van der Waals surface area contributed by atoms with Gasteiger partial charge in [-0.1, -0.05) is 17.7 Å². The van der Waals surface area contributed by atoms with Crippen LogP contribution in [-0.4, -0.2) is 49.5 Å². The lowest BCUT2D eigenvalue weighted by Crippen LogP contribution is -2.50. The number of carbonyl (C=O) groups is 2. The van der Waals surface area contributed by atoms with E-state index in [0.717, 1.165) is 35.1 Å². The molecule has 0 aromatic heterocycles. The second-order valence-electron chi connectivity index (χ2n) is 6.67. The Labute approximate surface area is 162 Å². The molecule has 2 aromatic carbocycles. The number of hydrogen-bond acceptors (Lipinski definition) is 5. The number of hydrogen-bond donors (Lipinski definition) is 1. The highest BCUT2D eigenvalue weighted by Crippen LogP contribution is 2.29. The van der Waals surface area contributed by atoms with Crippen LogP contribution in [0.3, 0.4) is 0 Å². The molecule has 1 fully saturated rings. The molecule has 0 spiro atoms. The fraction of sp³-hybridized carbons (Fsp3) is 0.300. The molecule has 1 N–H and O–H groups in total. The molecule has 7 heteroatoms. The van der Waals surface area contributed by atoms with E-state index in [4.69, 9.17) is 16.3 Å². The highest BCUT2D eigenvalue weighted by Gasteiger charge is 2.22. The van der Waals surface area contributed by atoms with Crippen molar-refractivity contribution in [3.63, 3.8) is 0 Å².